The Balaban J connectivity index is 2.31. The van der Waals surface area contributed by atoms with E-state index < -0.39 is 23.4 Å². The molecule has 98 valence electrons. The van der Waals surface area contributed by atoms with Gasteiger partial charge in [-0.15, -0.1) is 0 Å². The number of anilines is 1. The van der Waals surface area contributed by atoms with Gasteiger partial charge in [0.05, 0.1) is 6.54 Å². The first-order valence-electron chi connectivity index (χ1n) is 5.22. The first-order valence-corrected chi connectivity index (χ1v) is 5.22. The molecule has 0 aliphatic carbocycles. The topological polar surface area (TPSA) is 97.1 Å². The third-order valence-corrected chi connectivity index (χ3v) is 2.25. The van der Waals surface area contributed by atoms with Crippen molar-refractivity contribution in [2.75, 3.05) is 5.32 Å². The van der Waals surface area contributed by atoms with Crippen molar-refractivity contribution in [1.82, 2.24) is 14.5 Å². The van der Waals surface area contributed by atoms with E-state index in [2.05, 4.69) is 9.97 Å². The van der Waals surface area contributed by atoms with Gasteiger partial charge >= 0.3 is 11.8 Å². The summed E-state index contributed by atoms with van der Waals surface area (Å²) in [4.78, 5) is 29.2. The summed E-state index contributed by atoms with van der Waals surface area (Å²) in [5, 5.41) is 10.2. The van der Waals surface area contributed by atoms with Crippen molar-refractivity contribution in [2.24, 2.45) is 0 Å². The number of halogens is 1. The molecule has 2 aromatic heterocycles. The predicted octanol–water partition coefficient (Wildman–Crippen LogP) is 0.916. The number of nitrogens with one attached hydrogen (secondary N) is 1. The Morgan fingerprint density at radius 3 is 2.95 bits per heavy atom. The summed E-state index contributed by atoms with van der Waals surface area (Å²) in [5.41, 5.74) is -0.0567. The number of nitrogens with zero attached hydrogens (tertiary/aromatic N) is 3. The molecule has 0 unspecified atom stereocenters. The summed E-state index contributed by atoms with van der Waals surface area (Å²) >= 11 is 0. The maximum absolute atomic E-state index is 13.5. The molecule has 0 spiro atoms. The first kappa shape index (κ1) is 12.7. The highest BCUT2D eigenvalue weighted by atomic mass is 19.1. The summed E-state index contributed by atoms with van der Waals surface area (Å²) in [5.74, 6) is -1.54. The fourth-order valence-electron chi connectivity index (χ4n) is 1.46. The van der Waals surface area contributed by atoms with Gasteiger partial charge in [0.15, 0.2) is 11.6 Å². The van der Waals surface area contributed by atoms with E-state index in [1.165, 1.54) is 6.20 Å². The van der Waals surface area contributed by atoms with Crippen molar-refractivity contribution in [1.29, 1.82) is 0 Å². The zero-order valence-corrected chi connectivity index (χ0v) is 9.58. The Morgan fingerprint density at radius 1 is 1.53 bits per heavy atom. The molecule has 0 radical (unpaired) electrons. The predicted molar refractivity (Wildman–Crippen MR) is 63.4 cm³/mol. The van der Waals surface area contributed by atoms with Crippen molar-refractivity contribution in [2.45, 2.75) is 6.54 Å². The third-order valence-electron chi connectivity index (χ3n) is 2.25. The molecule has 0 bridgehead atoms. The average molecular weight is 264 g/mol. The van der Waals surface area contributed by atoms with Gasteiger partial charge in [-0.3, -0.25) is 14.9 Å². The minimum absolute atomic E-state index is 0.101. The van der Waals surface area contributed by atoms with E-state index in [0.29, 0.717) is 5.56 Å². The van der Waals surface area contributed by atoms with Crippen LogP contribution in [0.25, 0.3) is 0 Å². The second-order valence-corrected chi connectivity index (χ2v) is 3.64. The van der Waals surface area contributed by atoms with Crippen LogP contribution in [-0.4, -0.2) is 25.7 Å². The smallest absolute Gasteiger partial charge is 0.410 e. The maximum atomic E-state index is 13.5. The summed E-state index contributed by atoms with van der Waals surface area (Å²) in [6.45, 7) is 0.101. The summed E-state index contributed by atoms with van der Waals surface area (Å²) in [6, 6.07) is 3.41. The zero-order valence-electron chi connectivity index (χ0n) is 9.58. The molecule has 0 saturated heterocycles. The molecule has 0 aromatic carbocycles. The Labute approximate surface area is 106 Å². The summed E-state index contributed by atoms with van der Waals surface area (Å²) in [6.07, 6.45) is 2.52. The molecule has 0 saturated carbocycles. The first-order chi connectivity index (χ1) is 9.06. The van der Waals surface area contributed by atoms with Gasteiger partial charge in [0.25, 0.3) is 0 Å². The van der Waals surface area contributed by atoms with Crippen LogP contribution in [0.2, 0.25) is 0 Å². The standard InChI is InChI=1S/C11H9FN4O3/c12-8-6-16(5-7-2-1-3-13-4-7)10(17)14-9(8)15-11(18)19/h1-4,6H,5H2,(H,18,19)(H,14,15,17). The van der Waals surface area contributed by atoms with Gasteiger partial charge < -0.3 is 5.11 Å². The number of amides is 1. The normalized spacial score (nSPS) is 10.2. The molecule has 0 aliphatic rings. The molecule has 2 heterocycles. The Bertz CT molecular complexity index is 657. The molecule has 2 aromatic rings. The fraction of sp³-hybridized carbons (Fsp3) is 0.0909. The monoisotopic (exact) mass is 264 g/mol. The van der Waals surface area contributed by atoms with Crippen LogP contribution >= 0.6 is 0 Å². The molecule has 1 amide bonds. The number of carbonyl (C=O) groups is 1. The SMILES string of the molecule is O=C(O)Nc1nc(=O)n(Cc2cccnc2)cc1F. The summed E-state index contributed by atoms with van der Waals surface area (Å²) < 4.78 is 14.6. The van der Waals surface area contributed by atoms with Crippen molar-refractivity contribution >= 4 is 11.9 Å². The third kappa shape index (κ3) is 3.12. The maximum Gasteiger partial charge on any atom is 0.410 e. The zero-order chi connectivity index (χ0) is 13.8. The molecule has 8 heteroatoms. The van der Waals surface area contributed by atoms with Crippen molar-refractivity contribution in [3.05, 3.63) is 52.6 Å². The molecule has 0 aliphatic heterocycles. The lowest BCUT2D eigenvalue weighted by molar-refractivity contribution is 0.209. The molecule has 2 rings (SSSR count). The van der Waals surface area contributed by atoms with Gasteiger partial charge in [-0.05, 0) is 11.6 Å². The number of pyridine rings is 1. The molecule has 7 nitrogen and oxygen atoms in total. The van der Waals surface area contributed by atoms with Crippen LogP contribution in [0.3, 0.4) is 0 Å². The summed E-state index contributed by atoms with van der Waals surface area (Å²) in [7, 11) is 0. The molecular weight excluding hydrogens is 255 g/mol. The van der Waals surface area contributed by atoms with E-state index >= 15 is 0 Å². The van der Waals surface area contributed by atoms with Gasteiger partial charge in [-0.1, -0.05) is 6.07 Å². The highest BCUT2D eigenvalue weighted by Crippen LogP contribution is 2.07. The molecule has 0 fully saturated rings. The van der Waals surface area contributed by atoms with Crippen molar-refractivity contribution in [3.8, 4) is 0 Å². The Hall–Kier alpha value is -2.77. The molecule has 2 N–H and O–H groups in total. The van der Waals surface area contributed by atoms with Crippen LogP contribution in [-0.2, 0) is 6.54 Å². The lowest BCUT2D eigenvalue weighted by Crippen LogP contribution is -2.26. The van der Waals surface area contributed by atoms with Crippen LogP contribution < -0.4 is 11.0 Å². The minimum Gasteiger partial charge on any atom is -0.465 e. The van der Waals surface area contributed by atoms with Crippen LogP contribution in [0.15, 0.2) is 35.5 Å². The molecule has 0 atom stereocenters. The number of carboxylic acid groups (broad SMARTS) is 1. The number of aromatic nitrogens is 3. The highest BCUT2D eigenvalue weighted by Gasteiger charge is 2.11. The Kier molecular flexibility index (Phi) is 3.51. The van der Waals surface area contributed by atoms with Gasteiger partial charge in [-0.25, -0.2) is 14.0 Å². The van der Waals surface area contributed by atoms with E-state index in [-0.39, 0.29) is 6.54 Å². The van der Waals surface area contributed by atoms with Crippen LogP contribution in [0, 0.1) is 5.82 Å². The number of hydrogen-bond acceptors (Lipinski definition) is 4. The second-order valence-electron chi connectivity index (χ2n) is 3.64. The van der Waals surface area contributed by atoms with Crippen molar-refractivity contribution in [3.63, 3.8) is 0 Å². The largest absolute Gasteiger partial charge is 0.465 e. The Morgan fingerprint density at radius 2 is 2.32 bits per heavy atom. The van der Waals surface area contributed by atoms with E-state index in [0.717, 1.165) is 10.8 Å². The van der Waals surface area contributed by atoms with Crippen LogP contribution in [0.5, 0.6) is 0 Å². The lowest BCUT2D eigenvalue weighted by Gasteiger charge is -2.07. The lowest BCUT2D eigenvalue weighted by atomic mass is 10.3. The quantitative estimate of drug-likeness (QED) is 0.859. The minimum atomic E-state index is -1.49. The number of hydrogen-bond donors (Lipinski definition) is 2. The van der Waals surface area contributed by atoms with Gasteiger partial charge in [0.2, 0.25) is 0 Å². The van der Waals surface area contributed by atoms with Gasteiger partial charge in [0, 0.05) is 18.6 Å². The number of rotatable bonds is 3. The van der Waals surface area contributed by atoms with E-state index in [9.17, 15) is 14.0 Å². The van der Waals surface area contributed by atoms with Gasteiger partial charge in [0.1, 0.15) is 0 Å². The van der Waals surface area contributed by atoms with E-state index in [1.54, 1.807) is 23.6 Å². The van der Waals surface area contributed by atoms with Crippen LogP contribution in [0.1, 0.15) is 5.56 Å². The highest BCUT2D eigenvalue weighted by molar-refractivity contribution is 5.81. The van der Waals surface area contributed by atoms with Crippen LogP contribution in [0.4, 0.5) is 15.0 Å². The fourth-order valence-corrected chi connectivity index (χ4v) is 1.46. The second kappa shape index (κ2) is 5.25. The van der Waals surface area contributed by atoms with Gasteiger partial charge in [-0.2, -0.15) is 4.98 Å². The molecule has 19 heavy (non-hydrogen) atoms. The average Bonchev–Trinajstić information content (AvgIpc) is 2.36. The van der Waals surface area contributed by atoms with E-state index in [1.807, 2.05) is 0 Å². The van der Waals surface area contributed by atoms with Crippen molar-refractivity contribution < 1.29 is 14.3 Å². The molecular formula is C11H9FN4O3. The van der Waals surface area contributed by atoms with E-state index in [4.69, 9.17) is 5.11 Å².